The highest BCUT2D eigenvalue weighted by Crippen LogP contribution is 2.24. The largest absolute Gasteiger partial charge is 0.114 e. The molecule has 0 N–H and O–H groups in total. The Hall–Kier alpha value is -0.715. The van der Waals surface area contributed by atoms with E-state index in [-0.39, 0.29) is 5.41 Å². The van der Waals surface area contributed by atoms with Crippen molar-refractivity contribution in [1.82, 2.24) is 0 Å². The summed E-state index contributed by atoms with van der Waals surface area (Å²) in [4.78, 5) is 0. The lowest BCUT2D eigenvalue weighted by Gasteiger charge is -2.23. The Labute approximate surface area is 82.8 Å². The van der Waals surface area contributed by atoms with Crippen LogP contribution in [0.2, 0.25) is 0 Å². The summed E-state index contributed by atoms with van der Waals surface area (Å²) in [5.74, 6) is 0. The van der Waals surface area contributed by atoms with Gasteiger partial charge in [0.15, 0.2) is 0 Å². The van der Waals surface area contributed by atoms with Crippen LogP contribution in [0.3, 0.4) is 0 Å². The summed E-state index contributed by atoms with van der Waals surface area (Å²) in [7, 11) is 5.89. The van der Waals surface area contributed by atoms with Crippen LogP contribution in [0.4, 0.5) is 0 Å². The van der Waals surface area contributed by atoms with E-state index in [4.69, 9.17) is 7.85 Å². The van der Waals surface area contributed by atoms with Crippen LogP contribution in [0.1, 0.15) is 37.5 Å². The maximum atomic E-state index is 5.89. The molecule has 0 saturated carbocycles. The average Bonchev–Trinajstić information content (AvgIpc) is 1.94. The van der Waals surface area contributed by atoms with Crippen molar-refractivity contribution in [2.75, 3.05) is 0 Å². The summed E-state index contributed by atoms with van der Waals surface area (Å²) in [6.45, 7) is 10.8. The fourth-order valence-electron chi connectivity index (χ4n) is 1.68. The molecule has 0 bridgehead atoms. The summed E-state index contributed by atoms with van der Waals surface area (Å²) in [5, 5.41) is 0. The first-order valence-corrected chi connectivity index (χ1v) is 4.69. The van der Waals surface area contributed by atoms with Gasteiger partial charge in [-0.2, -0.15) is 0 Å². The van der Waals surface area contributed by atoms with E-state index in [1.807, 2.05) is 0 Å². The second-order valence-corrected chi connectivity index (χ2v) is 4.77. The van der Waals surface area contributed by atoms with E-state index in [1.165, 1.54) is 16.7 Å². The van der Waals surface area contributed by atoms with Gasteiger partial charge in [0.2, 0.25) is 0 Å². The molecule has 13 heavy (non-hydrogen) atoms. The lowest BCUT2D eigenvalue weighted by atomic mass is 9.79. The highest BCUT2D eigenvalue weighted by atomic mass is 14.2. The monoisotopic (exact) mass is 172 g/mol. The number of aryl methyl sites for hydroxylation is 2. The van der Waals surface area contributed by atoms with Crippen molar-refractivity contribution in [3.63, 3.8) is 0 Å². The number of hydrogen-bond donors (Lipinski definition) is 0. The van der Waals surface area contributed by atoms with E-state index >= 15 is 0 Å². The van der Waals surface area contributed by atoms with E-state index in [0.29, 0.717) is 0 Å². The first kappa shape index (κ1) is 10.4. The van der Waals surface area contributed by atoms with Crippen molar-refractivity contribution in [2.45, 2.75) is 40.0 Å². The van der Waals surface area contributed by atoms with E-state index in [1.54, 1.807) is 0 Å². The predicted octanol–water partition coefficient (Wildman–Crippen LogP) is 2.39. The third kappa shape index (κ3) is 2.15. The highest BCUT2D eigenvalue weighted by molar-refractivity contribution is 6.33. The Balaban J connectivity index is 3.32. The van der Waals surface area contributed by atoms with Crippen molar-refractivity contribution in [3.05, 3.63) is 28.8 Å². The Morgan fingerprint density at radius 2 is 1.54 bits per heavy atom. The summed E-state index contributed by atoms with van der Waals surface area (Å²) in [5.41, 5.74) is 4.93. The Kier molecular flexibility index (Phi) is 2.56. The van der Waals surface area contributed by atoms with Gasteiger partial charge in [0, 0.05) is 0 Å². The first-order valence-electron chi connectivity index (χ1n) is 4.69. The lowest BCUT2D eigenvalue weighted by molar-refractivity contribution is 0.586. The summed E-state index contributed by atoms with van der Waals surface area (Å²) in [6, 6.07) is 4.26. The van der Waals surface area contributed by atoms with Crippen LogP contribution in [0.5, 0.6) is 0 Å². The van der Waals surface area contributed by atoms with E-state index in [2.05, 4.69) is 46.8 Å². The molecule has 1 rings (SSSR count). The number of hydrogen-bond acceptors (Lipinski definition) is 0. The molecule has 0 aromatic heterocycles. The third-order valence-electron chi connectivity index (χ3n) is 2.42. The molecule has 0 amide bonds. The Morgan fingerprint density at radius 1 is 1.00 bits per heavy atom. The molecular formula is C12H17B. The second kappa shape index (κ2) is 3.21. The Bertz CT molecular complexity index is 319. The van der Waals surface area contributed by atoms with Crippen LogP contribution in [-0.4, -0.2) is 7.85 Å². The van der Waals surface area contributed by atoms with Gasteiger partial charge in [0.1, 0.15) is 7.85 Å². The van der Waals surface area contributed by atoms with Gasteiger partial charge in [-0.05, 0) is 30.4 Å². The third-order valence-corrected chi connectivity index (χ3v) is 2.42. The molecule has 0 saturated heterocycles. The van der Waals surface area contributed by atoms with Gasteiger partial charge in [-0.3, -0.25) is 0 Å². The zero-order valence-electron chi connectivity index (χ0n) is 9.23. The van der Waals surface area contributed by atoms with Crippen LogP contribution in [-0.2, 0) is 5.41 Å². The van der Waals surface area contributed by atoms with Gasteiger partial charge in [0.05, 0.1) is 0 Å². The minimum Gasteiger partial charge on any atom is -0.0935 e. The molecule has 0 aliphatic rings. The minimum atomic E-state index is 0.186. The molecular weight excluding hydrogens is 155 g/mol. The number of benzene rings is 1. The van der Waals surface area contributed by atoms with Crippen molar-refractivity contribution >= 4 is 13.3 Å². The van der Waals surface area contributed by atoms with Crippen molar-refractivity contribution in [2.24, 2.45) is 0 Å². The second-order valence-electron chi connectivity index (χ2n) is 4.77. The van der Waals surface area contributed by atoms with Crippen LogP contribution in [0.15, 0.2) is 12.1 Å². The smallest absolute Gasteiger partial charge is 0.0935 e. The topological polar surface area (TPSA) is 0 Å². The predicted molar refractivity (Wildman–Crippen MR) is 60.0 cm³/mol. The van der Waals surface area contributed by atoms with Crippen LogP contribution >= 0.6 is 0 Å². The van der Waals surface area contributed by atoms with Crippen molar-refractivity contribution < 1.29 is 0 Å². The molecule has 0 fully saturated rings. The van der Waals surface area contributed by atoms with Crippen LogP contribution < -0.4 is 5.46 Å². The maximum Gasteiger partial charge on any atom is 0.114 e. The van der Waals surface area contributed by atoms with Gasteiger partial charge >= 0.3 is 0 Å². The molecule has 1 heteroatoms. The molecule has 2 radical (unpaired) electrons. The van der Waals surface area contributed by atoms with Crippen molar-refractivity contribution in [3.8, 4) is 0 Å². The van der Waals surface area contributed by atoms with Crippen LogP contribution in [0.25, 0.3) is 0 Å². The van der Waals surface area contributed by atoms with E-state index < -0.39 is 0 Å². The molecule has 68 valence electrons. The van der Waals surface area contributed by atoms with E-state index in [9.17, 15) is 0 Å². The fraction of sp³-hybridized carbons (Fsp3) is 0.500. The zero-order valence-corrected chi connectivity index (χ0v) is 9.23. The zero-order chi connectivity index (χ0) is 10.2. The quantitative estimate of drug-likeness (QED) is 0.527. The van der Waals surface area contributed by atoms with Gasteiger partial charge in [-0.25, -0.2) is 0 Å². The lowest BCUT2D eigenvalue weighted by Crippen LogP contribution is -2.18. The molecule has 0 heterocycles. The highest BCUT2D eigenvalue weighted by Gasteiger charge is 2.16. The minimum absolute atomic E-state index is 0.186. The average molecular weight is 172 g/mol. The summed E-state index contributed by atoms with van der Waals surface area (Å²) in [6.07, 6.45) is 0. The molecule has 0 aliphatic heterocycles. The normalized spacial score (nSPS) is 11.8. The SMILES string of the molecule is [B]c1cc(C(C)(C)C)c(C)cc1C. The molecule has 0 aliphatic carbocycles. The van der Waals surface area contributed by atoms with Crippen LogP contribution in [0, 0.1) is 13.8 Å². The van der Waals surface area contributed by atoms with Gasteiger partial charge in [0.25, 0.3) is 0 Å². The molecule has 0 unspecified atom stereocenters. The van der Waals surface area contributed by atoms with E-state index in [0.717, 1.165) is 5.46 Å². The molecule has 1 aromatic rings. The van der Waals surface area contributed by atoms with Gasteiger partial charge in [-0.15, -0.1) is 0 Å². The summed E-state index contributed by atoms with van der Waals surface area (Å²) < 4.78 is 0. The Morgan fingerprint density at radius 3 is 2.00 bits per heavy atom. The molecule has 1 aromatic carbocycles. The molecule has 0 nitrogen and oxygen atoms in total. The van der Waals surface area contributed by atoms with Gasteiger partial charge in [-0.1, -0.05) is 43.9 Å². The first-order chi connectivity index (χ1) is 5.82. The fourth-order valence-corrected chi connectivity index (χ4v) is 1.68. The van der Waals surface area contributed by atoms with Gasteiger partial charge < -0.3 is 0 Å². The summed E-state index contributed by atoms with van der Waals surface area (Å²) >= 11 is 0. The molecule has 0 atom stereocenters. The maximum absolute atomic E-state index is 5.89. The van der Waals surface area contributed by atoms with Crippen molar-refractivity contribution in [1.29, 1.82) is 0 Å². The standard InChI is InChI=1S/C12H17B/c1-8-6-9(2)11(13)7-10(8)12(3,4)5/h6-7H,1-5H3. The number of rotatable bonds is 0. The molecule has 0 spiro atoms.